The molecule has 6 heteroatoms. The summed E-state index contributed by atoms with van der Waals surface area (Å²) < 4.78 is 11.9. The van der Waals surface area contributed by atoms with Crippen molar-refractivity contribution in [3.05, 3.63) is 23.3 Å². The van der Waals surface area contributed by atoms with Gasteiger partial charge in [-0.15, -0.1) is 0 Å². The fraction of sp³-hybridized carbons (Fsp3) is 0.810. The zero-order valence-corrected chi connectivity index (χ0v) is 17.0. The van der Waals surface area contributed by atoms with Crippen molar-refractivity contribution < 1.29 is 29.9 Å². The van der Waals surface area contributed by atoms with Gasteiger partial charge in [-0.1, -0.05) is 23.3 Å². The molecular formula is C21H36O6. The SMILES string of the molecule is CC(C)=CCC[C@](C)(O[C@@H]1O[C@H](CO)[C@H](O)[C@H](O)[C@H]1O)[C@H]1CC=C(C)CC1. The Bertz CT molecular complexity index is 539. The predicted molar refractivity (Wildman–Crippen MR) is 103 cm³/mol. The Morgan fingerprint density at radius 3 is 2.52 bits per heavy atom. The zero-order valence-electron chi connectivity index (χ0n) is 17.0. The molecule has 0 bridgehead atoms. The number of hydrogen-bond donors (Lipinski definition) is 4. The molecule has 0 aromatic heterocycles. The highest BCUT2D eigenvalue weighted by Crippen LogP contribution is 2.40. The van der Waals surface area contributed by atoms with Crippen molar-refractivity contribution in [3.63, 3.8) is 0 Å². The third kappa shape index (κ3) is 5.62. The van der Waals surface area contributed by atoms with Gasteiger partial charge in [0, 0.05) is 0 Å². The summed E-state index contributed by atoms with van der Waals surface area (Å²) in [6, 6.07) is 0. The molecule has 27 heavy (non-hydrogen) atoms. The van der Waals surface area contributed by atoms with Gasteiger partial charge in [-0.05, 0) is 65.7 Å². The lowest BCUT2D eigenvalue weighted by Crippen LogP contribution is -2.61. The Balaban J connectivity index is 2.18. The van der Waals surface area contributed by atoms with E-state index in [9.17, 15) is 20.4 Å². The Morgan fingerprint density at radius 1 is 1.26 bits per heavy atom. The van der Waals surface area contributed by atoms with Gasteiger partial charge in [-0.25, -0.2) is 0 Å². The summed E-state index contributed by atoms with van der Waals surface area (Å²) in [5, 5.41) is 39.8. The minimum atomic E-state index is -1.42. The van der Waals surface area contributed by atoms with E-state index in [0.717, 1.165) is 32.1 Å². The van der Waals surface area contributed by atoms with E-state index in [-0.39, 0.29) is 5.92 Å². The molecule has 0 aromatic carbocycles. The van der Waals surface area contributed by atoms with Gasteiger partial charge in [0.05, 0.1) is 12.2 Å². The van der Waals surface area contributed by atoms with Gasteiger partial charge in [0.2, 0.25) is 0 Å². The normalized spacial score (nSPS) is 36.7. The molecule has 1 fully saturated rings. The highest BCUT2D eigenvalue weighted by molar-refractivity contribution is 5.07. The molecule has 7 atom stereocenters. The van der Waals surface area contributed by atoms with Crippen LogP contribution in [0, 0.1) is 5.92 Å². The first-order valence-electron chi connectivity index (χ1n) is 9.95. The Kier molecular flexibility index (Phi) is 8.04. The highest BCUT2D eigenvalue weighted by atomic mass is 16.7. The van der Waals surface area contributed by atoms with E-state index in [4.69, 9.17) is 9.47 Å². The Hall–Kier alpha value is -0.760. The van der Waals surface area contributed by atoms with E-state index in [1.165, 1.54) is 11.1 Å². The number of hydrogen-bond acceptors (Lipinski definition) is 6. The van der Waals surface area contributed by atoms with Gasteiger partial charge in [0.15, 0.2) is 6.29 Å². The van der Waals surface area contributed by atoms with Crippen LogP contribution in [-0.2, 0) is 9.47 Å². The number of aliphatic hydroxyl groups excluding tert-OH is 4. The van der Waals surface area contributed by atoms with Crippen LogP contribution in [-0.4, -0.2) is 63.3 Å². The highest BCUT2D eigenvalue weighted by Gasteiger charge is 2.47. The van der Waals surface area contributed by atoms with Gasteiger partial charge >= 0.3 is 0 Å². The third-order valence-corrected chi connectivity index (χ3v) is 5.93. The molecule has 4 N–H and O–H groups in total. The zero-order chi connectivity index (χ0) is 20.2. The Morgan fingerprint density at radius 2 is 1.96 bits per heavy atom. The van der Waals surface area contributed by atoms with E-state index in [1.807, 2.05) is 6.92 Å². The van der Waals surface area contributed by atoms with Crippen molar-refractivity contribution in [2.75, 3.05) is 6.61 Å². The van der Waals surface area contributed by atoms with Gasteiger partial charge < -0.3 is 29.9 Å². The third-order valence-electron chi connectivity index (χ3n) is 5.93. The molecule has 1 aliphatic heterocycles. The molecule has 1 aliphatic carbocycles. The molecule has 156 valence electrons. The second kappa shape index (κ2) is 9.63. The van der Waals surface area contributed by atoms with Crippen LogP contribution in [0.5, 0.6) is 0 Å². The first kappa shape index (κ1) is 22.5. The van der Waals surface area contributed by atoms with Crippen LogP contribution in [0.1, 0.15) is 59.8 Å². The fourth-order valence-corrected chi connectivity index (χ4v) is 3.96. The lowest BCUT2D eigenvalue weighted by molar-refractivity contribution is -0.331. The quantitative estimate of drug-likeness (QED) is 0.502. The molecule has 0 amide bonds. The summed E-state index contributed by atoms with van der Waals surface area (Å²) in [5.74, 6) is 0.263. The minimum Gasteiger partial charge on any atom is -0.394 e. The van der Waals surface area contributed by atoms with E-state index < -0.39 is 42.9 Å². The second-order valence-electron chi connectivity index (χ2n) is 8.47. The summed E-state index contributed by atoms with van der Waals surface area (Å²) in [5.41, 5.74) is 2.06. The molecule has 0 unspecified atom stereocenters. The minimum absolute atomic E-state index is 0.263. The fourth-order valence-electron chi connectivity index (χ4n) is 3.96. The van der Waals surface area contributed by atoms with Crippen LogP contribution in [0.4, 0.5) is 0 Å². The molecule has 1 saturated heterocycles. The maximum Gasteiger partial charge on any atom is 0.187 e. The summed E-state index contributed by atoms with van der Waals surface area (Å²) in [6.07, 6.45) is 2.70. The molecule has 0 spiro atoms. The average molecular weight is 385 g/mol. The summed E-state index contributed by atoms with van der Waals surface area (Å²) in [6.45, 7) is 7.83. The van der Waals surface area contributed by atoms with Crippen LogP contribution in [0.15, 0.2) is 23.3 Å². The molecule has 6 nitrogen and oxygen atoms in total. The van der Waals surface area contributed by atoms with Gasteiger partial charge in [0.1, 0.15) is 24.4 Å². The van der Waals surface area contributed by atoms with Crippen LogP contribution in [0.2, 0.25) is 0 Å². The van der Waals surface area contributed by atoms with Crippen molar-refractivity contribution in [1.82, 2.24) is 0 Å². The van der Waals surface area contributed by atoms with Crippen LogP contribution in [0.25, 0.3) is 0 Å². The lowest BCUT2D eigenvalue weighted by Gasteiger charge is -2.46. The number of aliphatic hydroxyl groups is 4. The van der Waals surface area contributed by atoms with Gasteiger partial charge in [-0.3, -0.25) is 0 Å². The predicted octanol–water partition coefficient (Wildman–Crippen LogP) is 2.05. The van der Waals surface area contributed by atoms with Crippen molar-refractivity contribution in [2.45, 2.75) is 96.1 Å². The standard InChI is InChI=1S/C21H36O6/c1-13(2)6-5-11-21(4,15-9-7-14(3)8-10-15)27-20-19(25)18(24)17(23)16(12-22)26-20/h6-7,15-20,22-25H,5,8-12H2,1-4H3/t15-,16+,17-,18-,19+,20-,21-/m0/s1. The first-order valence-corrected chi connectivity index (χ1v) is 9.95. The summed E-state index contributed by atoms with van der Waals surface area (Å²) in [7, 11) is 0. The van der Waals surface area contributed by atoms with Crippen molar-refractivity contribution in [1.29, 1.82) is 0 Å². The topological polar surface area (TPSA) is 99.4 Å². The molecule has 1 heterocycles. The molecule has 0 saturated carbocycles. The van der Waals surface area contributed by atoms with Gasteiger partial charge in [-0.2, -0.15) is 0 Å². The average Bonchev–Trinajstić information content (AvgIpc) is 2.62. The monoisotopic (exact) mass is 384 g/mol. The number of ether oxygens (including phenoxy) is 2. The molecule has 0 radical (unpaired) electrons. The Labute approximate surface area is 162 Å². The van der Waals surface area contributed by atoms with E-state index >= 15 is 0 Å². The van der Waals surface area contributed by atoms with Crippen LogP contribution >= 0.6 is 0 Å². The first-order chi connectivity index (χ1) is 12.7. The van der Waals surface area contributed by atoms with Crippen molar-refractivity contribution >= 4 is 0 Å². The molecule has 2 aliphatic rings. The summed E-state index contributed by atoms with van der Waals surface area (Å²) in [4.78, 5) is 0. The van der Waals surface area contributed by atoms with Crippen molar-refractivity contribution in [3.8, 4) is 0 Å². The van der Waals surface area contributed by atoms with E-state index in [0.29, 0.717) is 0 Å². The van der Waals surface area contributed by atoms with E-state index in [1.54, 1.807) is 0 Å². The number of rotatable bonds is 7. The summed E-state index contributed by atoms with van der Waals surface area (Å²) >= 11 is 0. The largest absolute Gasteiger partial charge is 0.394 e. The van der Waals surface area contributed by atoms with E-state index in [2.05, 4.69) is 32.9 Å². The smallest absolute Gasteiger partial charge is 0.187 e. The maximum absolute atomic E-state index is 10.4. The molecule has 2 rings (SSSR count). The van der Waals surface area contributed by atoms with Gasteiger partial charge in [0.25, 0.3) is 0 Å². The maximum atomic E-state index is 10.4. The van der Waals surface area contributed by atoms with Crippen LogP contribution < -0.4 is 0 Å². The second-order valence-corrected chi connectivity index (χ2v) is 8.47. The molecular weight excluding hydrogens is 348 g/mol. The van der Waals surface area contributed by atoms with Crippen molar-refractivity contribution in [2.24, 2.45) is 5.92 Å². The number of allylic oxidation sites excluding steroid dienone is 4. The molecule has 0 aromatic rings. The lowest BCUT2D eigenvalue weighted by atomic mass is 9.76. The van der Waals surface area contributed by atoms with Crippen LogP contribution in [0.3, 0.4) is 0 Å².